The van der Waals surface area contributed by atoms with Crippen LogP contribution in [0.4, 0.5) is 15.8 Å². The molecule has 0 unspecified atom stereocenters. The fourth-order valence-electron chi connectivity index (χ4n) is 3.54. The number of carbonyl (C=O) groups excluding carboxylic acids is 1. The third-order valence-corrected chi connectivity index (χ3v) is 6.60. The quantitative estimate of drug-likeness (QED) is 0.519. The van der Waals surface area contributed by atoms with Gasteiger partial charge in [0.15, 0.2) is 5.84 Å². The Labute approximate surface area is 192 Å². The maximum absolute atomic E-state index is 13.8. The second kappa shape index (κ2) is 9.41. The van der Waals surface area contributed by atoms with Crippen LogP contribution in [0, 0.1) is 5.82 Å². The summed E-state index contributed by atoms with van der Waals surface area (Å²) in [6.45, 7) is 1.04. The molecule has 9 heteroatoms. The van der Waals surface area contributed by atoms with Gasteiger partial charge in [-0.15, -0.1) is 4.40 Å². The Kier molecular flexibility index (Phi) is 6.41. The highest BCUT2D eigenvalue weighted by Gasteiger charge is 2.28. The lowest BCUT2D eigenvalue weighted by Crippen LogP contribution is -2.28. The van der Waals surface area contributed by atoms with E-state index in [1.165, 1.54) is 12.1 Å². The number of amidine groups is 1. The van der Waals surface area contributed by atoms with Gasteiger partial charge < -0.3 is 15.5 Å². The summed E-state index contributed by atoms with van der Waals surface area (Å²) in [5.41, 5.74) is 2.13. The van der Waals surface area contributed by atoms with E-state index in [1.54, 1.807) is 60.7 Å². The molecule has 0 saturated carbocycles. The van der Waals surface area contributed by atoms with Crippen molar-refractivity contribution in [1.29, 1.82) is 0 Å². The van der Waals surface area contributed by atoms with Crippen LogP contribution in [0.5, 0.6) is 0 Å². The van der Waals surface area contributed by atoms with Gasteiger partial charge in [0.2, 0.25) is 0 Å². The second-order valence-corrected chi connectivity index (χ2v) is 9.17. The fourth-order valence-corrected chi connectivity index (χ4v) is 4.72. The molecule has 3 aromatic carbocycles. The van der Waals surface area contributed by atoms with Gasteiger partial charge >= 0.3 is 0 Å². The lowest BCUT2D eigenvalue weighted by molar-refractivity contribution is 0.0953. The Morgan fingerprint density at radius 2 is 1.70 bits per heavy atom. The number of amides is 1. The lowest BCUT2D eigenvalue weighted by atomic mass is 10.1. The van der Waals surface area contributed by atoms with Crippen molar-refractivity contribution in [2.24, 2.45) is 4.40 Å². The Hall–Kier alpha value is -3.72. The van der Waals surface area contributed by atoms with Crippen molar-refractivity contribution >= 4 is 33.1 Å². The summed E-state index contributed by atoms with van der Waals surface area (Å²) in [6.07, 6.45) is 0.657. The van der Waals surface area contributed by atoms with Crippen LogP contribution in [0.3, 0.4) is 0 Å². The van der Waals surface area contributed by atoms with Crippen LogP contribution >= 0.6 is 0 Å². The van der Waals surface area contributed by atoms with Crippen LogP contribution < -0.4 is 15.5 Å². The summed E-state index contributed by atoms with van der Waals surface area (Å²) < 4.78 is 41.9. The average molecular weight is 467 g/mol. The van der Waals surface area contributed by atoms with Crippen molar-refractivity contribution in [2.45, 2.75) is 11.3 Å². The highest BCUT2D eigenvalue weighted by molar-refractivity contribution is 7.90. The minimum atomic E-state index is -3.70. The predicted octanol–water partition coefficient (Wildman–Crippen LogP) is 3.64. The van der Waals surface area contributed by atoms with Crippen molar-refractivity contribution in [3.05, 3.63) is 89.7 Å². The van der Waals surface area contributed by atoms with Crippen LogP contribution in [0.25, 0.3) is 0 Å². The number of sulfonamides is 1. The number of nitrogens with zero attached hydrogens (tertiary/aromatic N) is 2. The van der Waals surface area contributed by atoms with Gasteiger partial charge in [-0.05, 0) is 55.0 Å². The summed E-state index contributed by atoms with van der Waals surface area (Å²) >= 11 is 0. The average Bonchev–Trinajstić information content (AvgIpc) is 3.07. The second-order valence-electron chi connectivity index (χ2n) is 7.60. The molecule has 0 atom stereocenters. The molecule has 0 spiro atoms. The van der Waals surface area contributed by atoms with E-state index in [0.717, 1.165) is 0 Å². The molecule has 1 aliphatic rings. The van der Waals surface area contributed by atoms with Gasteiger partial charge in [0.1, 0.15) is 10.7 Å². The predicted molar refractivity (Wildman–Crippen MR) is 127 cm³/mol. The number of carbonyl (C=O) groups is 1. The molecule has 0 bridgehead atoms. The van der Waals surface area contributed by atoms with Crippen molar-refractivity contribution < 1.29 is 17.6 Å². The molecule has 170 valence electrons. The molecule has 0 aliphatic carbocycles. The highest BCUT2D eigenvalue weighted by Crippen LogP contribution is 2.26. The van der Waals surface area contributed by atoms with E-state index in [9.17, 15) is 17.6 Å². The van der Waals surface area contributed by atoms with Crippen molar-refractivity contribution in [2.75, 3.05) is 30.4 Å². The molecule has 33 heavy (non-hydrogen) atoms. The zero-order valence-electron chi connectivity index (χ0n) is 18.0. The Balaban J connectivity index is 1.30. The summed E-state index contributed by atoms with van der Waals surface area (Å²) in [6, 6.07) is 19.9. The first-order chi connectivity index (χ1) is 15.8. The molecule has 1 heterocycles. The van der Waals surface area contributed by atoms with Gasteiger partial charge in [-0.2, -0.15) is 8.42 Å². The monoisotopic (exact) mass is 466 g/mol. The molecule has 0 aromatic heterocycles. The van der Waals surface area contributed by atoms with E-state index < -0.39 is 10.0 Å². The number of hydrogen-bond donors (Lipinski definition) is 2. The van der Waals surface area contributed by atoms with Crippen LogP contribution in [0.15, 0.2) is 82.1 Å². The number of para-hydroxylation sites is 1. The Morgan fingerprint density at radius 1 is 1.00 bits per heavy atom. The molecule has 7 nitrogen and oxygen atoms in total. The first kappa shape index (κ1) is 22.5. The van der Waals surface area contributed by atoms with Crippen molar-refractivity contribution in [3.63, 3.8) is 0 Å². The fraction of sp³-hybridized carbons (Fsp3) is 0.167. The first-order valence-corrected chi connectivity index (χ1v) is 11.8. The molecular formula is C24H23FN4O3S. The molecule has 2 N–H and O–H groups in total. The molecule has 1 aliphatic heterocycles. The van der Waals surface area contributed by atoms with Gasteiger partial charge in [0.25, 0.3) is 15.9 Å². The van der Waals surface area contributed by atoms with Gasteiger partial charge in [0.05, 0.1) is 5.69 Å². The maximum Gasteiger partial charge on any atom is 0.285 e. The van der Waals surface area contributed by atoms with Crippen LogP contribution in [0.2, 0.25) is 0 Å². The number of benzene rings is 3. The molecule has 3 aromatic rings. The topological polar surface area (TPSA) is 90.9 Å². The summed E-state index contributed by atoms with van der Waals surface area (Å²) in [5.74, 6) is -0.245. The molecule has 0 saturated heterocycles. The number of fused-ring (bicyclic) bond motifs is 1. The first-order valence-electron chi connectivity index (χ1n) is 10.4. The molecule has 0 radical (unpaired) electrons. The van der Waals surface area contributed by atoms with Crippen LogP contribution in [-0.2, 0) is 10.0 Å². The summed E-state index contributed by atoms with van der Waals surface area (Å²) in [4.78, 5) is 14.4. The molecule has 4 rings (SSSR count). The third kappa shape index (κ3) is 5.04. The van der Waals surface area contributed by atoms with E-state index in [-0.39, 0.29) is 22.5 Å². The van der Waals surface area contributed by atoms with E-state index >= 15 is 0 Å². The van der Waals surface area contributed by atoms with Gasteiger partial charge in [-0.3, -0.25) is 4.79 Å². The Morgan fingerprint density at radius 3 is 2.45 bits per heavy atom. The third-order valence-electron chi connectivity index (χ3n) is 5.26. The van der Waals surface area contributed by atoms with Gasteiger partial charge in [-0.25, -0.2) is 4.39 Å². The molecular weight excluding hydrogens is 443 g/mol. The lowest BCUT2D eigenvalue weighted by Gasteiger charge is -2.19. The van der Waals surface area contributed by atoms with E-state index in [1.807, 2.05) is 11.9 Å². The van der Waals surface area contributed by atoms with E-state index in [4.69, 9.17) is 0 Å². The van der Waals surface area contributed by atoms with E-state index in [2.05, 4.69) is 15.0 Å². The summed E-state index contributed by atoms with van der Waals surface area (Å²) in [5, 5.41) is 5.86. The zero-order chi connectivity index (χ0) is 23.4. The molecule has 1 amide bonds. The smallest absolute Gasteiger partial charge is 0.285 e. The standard InChI is InChI=1S/C24H23FN4O3S/c1-29(21-9-4-3-8-20(21)25)16-6-15-26-24(30)17-11-13-18(14-12-17)27-23-19-7-2-5-10-22(19)33(31,32)28-23/h2-5,7-14H,6,15-16H2,1H3,(H,26,30)(H,27,28). The number of halogens is 1. The number of rotatable bonds is 7. The molecule has 0 fully saturated rings. The van der Waals surface area contributed by atoms with Gasteiger partial charge in [-0.1, -0.05) is 24.3 Å². The van der Waals surface area contributed by atoms with Gasteiger partial charge in [0, 0.05) is 37.0 Å². The highest BCUT2D eigenvalue weighted by atomic mass is 32.2. The number of nitrogens with one attached hydrogen (secondary N) is 2. The number of hydrogen-bond acceptors (Lipinski definition) is 5. The largest absolute Gasteiger partial charge is 0.372 e. The minimum absolute atomic E-state index is 0.171. The zero-order valence-corrected chi connectivity index (χ0v) is 18.8. The normalized spacial score (nSPS) is 13.7. The van der Waals surface area contributed by atoms with Crippen molar-refractivity contribution in [3.8, 4) is 0 Å². The number of anilines is 2. The van der Waals surface area contributed by atoms with Crippen LogP contribution in [-0.4, -0.2) is 40.3 Å². The van der Waals surface area contributed by atoms with E-state index in [0.29, 0.717) is 42.0 Å². The van der Waals surface area contributed by atoms with Crippen LogP contribution in [0.1, 0.15) is 22.3 Å². The maximum atomic E-state index is 13.8. The SMILES string of the molecule is CN(CCCNC(=O)c1ccc(NC2=NS(=O)(=O)c3ccccc32)cc1)c1ccccc1F. The van der Waals surface area contributed by atoms with Crippen molar-refractivity contribution in [1.82, 2.24) is 5.32 Å². The minimum Gasteiger partial charge on any atom is -0.372 e. The Bertz CT molecular complexity index is 1310. The summed E-state index contributed by atoms with van der Waals surface area (Å²) in [7, 11) is -1.89.